The Morgan fingerprint density at radius 1 is 1.42 bits per heavy atom. The molecule has 0 heterocycles. The van der Waals surface area contributed by atoms with Gasteiger partial charge in [-0.2, -0.15) is 0 Å². The highest BCUT2D eigenvalue weighted by Gasteiger charge is 2.33. The van der Waals surface area contributed by atoms with Gasteiger partial charge < -0.3 is 5.11 Å². The van der Waals surface area contributed by atoms with Gasteiger partial charge in [-0.15, -0.1) is 0 Å². The third-order valence-electron chi connectivity index (χ3n) is 3.72. The third kappa shape index (κ3) is 3.37. The molecule has 0 aliphatic heterocycles. The molecule has 0 saturated heterocycles. The van der Waals surface area contributed by atoms with Gasteiger partial charge in [0.2, 0.25) is 10.0 Å². The number of aliphatic hydroxyl groups excluding tert-OH is 1. The van der Waals surface area contributed by atoms with Crippen molar-refractivity contribution < 1.29 is 13.5 Å². The molecular weight excluding hydrogens is 330 g/mol. The minimum Gasteiger partial charge on any atom is -0.392 e. The number of aliphatic hydroxyl groups is 1. The minimum absolute atomic E-state index is 0.0914. The Morgan fingerprint density at radius 3 is 2.63 bits per heavy atom. The number of sulfonamides is 1. The molecule has 1 fully saturated rings. The van der Waals surface area contributed by atoms with Crippen LogP contribution in [-0.2, 0) is 16.6 Å². The van der Waals surface area contributed by atoms with E-state index in [1.807, 2.05) is 0 Å². The number of halogens is 1. The maximum Gasteiger partial charge on any atom is 0.241 e. The van der Waals surface area contributed by atoms with Gasteiger partial charge in [0.15, 0.2) is 0 Å². The molecule has 1 aliphatic rings. The minimum atomic E-state index is -3.54. The highest BCUT2D eigenvalue weighted by Crippen LogP contribution is 2.39. The van der Waals surface area contributed by atoms with E-state index in [9.17, 15) is 8.42 Å². The molecule has 1 aromatic rings. The second-order valence-corrected chi connectivity index (χ2v) is 8.00. The number of hydrogen-bond donors (Lipinski definition) is 2. The Kier molecular flexibility index (Phi) is 4.35. The Morgan fingerprint density at radius 2 is 2.11 bits per heavy atom. The van der Waals surface area contributed by atoms with Crippen molar-refractivity contribution in [2.45, 2.75) is 37.7 Å². The topological polar surface area (TPSA) is 66.4 Å². The molecule has 2 rings (SSSR count). The molecule has 0 amide bonds. The lowest BCUT2D eigenvalue weighted by Gasteiger charge is -2.38. The number of nitrogens with one attached hydrogen (secondary N) is 1. The second kappa shape index (κ2) is 5.52. The molecule has 106 valence electrons. The van der Waals surface area contributed by atoms with E-state index >= 15 is 0 Å². The van der Waals surface area contributed by atoms with Crippen LogP contribution in [0.2, 0.25) is 0 Å². The normalized spacial score (nSPS) is 18.1. The maximum absolute atomic E-state index is 12.3. The monoisotopic (exact) mass is 347 g/mol. The summed E-state index contributed by atoms with van der Waals surface area (Å²) in [5.74, 6) is 0. The molecule has 1 aromatic carbocycles. The average Bonchev–Trinajstić information content (AvgIpc) is 2.34. The molecule has 0 unspecified atom stereocenters. The van der Waals surface area contributed by atoms with Crippen LogP contribution in [0.25, 0.3) is 0 Å². The molecule has 0 spiro atoms. The molecule has 0 radical (unpaired) electrons. The lowest BCUT2D eigenvalue weighted by molar-refractivity contribution is 0.166. The van der Waals surface area contributed by atoms with Crippen LogP contribution in [0, 0.1) is 5.41 Å². The first-order valence-electron chi connectivity index (χ1n) is 6.25. The molecule has 1 saturated carbocycles. The summed E-state index contributed by atoms with van der Waals surface area (Å²) in [5.41, 5.74) is 0.673. The number of rotatable bonds is 5. The fourth-order valence-corrected chi connectivity index (χ4v) is 4.37. The van der Waals surface area contributed by atoms with E-state index in [-0.39, 0.29) is 16.9 Å². The summed E-state index contributed by atoms with van der Waals surface area (Å²) in [5, 5.41) is 9.09. The van der Waals surface area contributed by atoms with Crippen molar-refractivity contribution in [2.24, 2.45) is 5.41 Å². The van der Waals surface area contributed by atoms with Gasteiger partial charge in [-0.1, -0.05) is 19.4 Å². The standard InChI is InChI=1S/C13H18BrNO3S/c1-13(5-2-6-13)9-15-19(17,18)12-7-10(8-16)3-4-11(12)14/h3-4,7,15-16H,2,5-6,8-9H2,1H3. The molecule has 0 atom stereocenters. The lowest BCUT2D eigenvalue weighted by atomic mass is 9.71. The van der Waals surface area contributed by atoms with Crippen molar-refractivity contribution in [2.75, 3.05) is 6.54 Å². The van der Waals surface area contributed by atoms with Gasteiger partial charge in [0.1, 0.15) is 0 Å². The molecule has 19 heavy (non-hydrogen) atoms. The van der Waals surface area contributed by atoms with E-state index in [1.54, 1.807) is 12.1 Å². The van der Waals surface area contributed by atoms with Crippen LogP contribution in [0.3, 0.4) is 0 Å². The Balaban J connectivity index is 2.18. The van der Waals surface area contributed by atoms with E-state index in [0.717, 1.165) is 12.8 Å². The summed E-state index contributed by atoms with van der Waals surface area (Å²) >= 11 is 3.25. The second-order valence-electron chi connectivity index (χ2n) is 5.41. The van der Waals surface area contributed by atoms with Crippen LogP contribution in [0.1, 0.15) is 31.7 Å². The van der Waals surface area contributed by atoms with E-state index in [1.165, 1.54) is 12.5 Å². The first-order valence-corrected chi connectivity index (χ1v) is 8.53. The average molecular weight is 348 g/mol. The van der Waals surface area contributed by atoms with Gasteiger partial charge in [-0.25, -0.2) is 13.1 Å². The molecule has 6 heteroatoms. The highest BCUT2D eigenvalue weighted by molar-refractivity contribution is 9.10. The van der Waals surface area contributed by atoms with Crippen LogP contribution in [0.5, 0.6) is 0 Å². The summed E-state index contributed by atoms with van der Waals surface area (Å²) in [6.07, 6.45) is 3.29. The van der Waals surface area contributed by atoms with E-state index in [0.29, 0.717) is 16.6 Å². The van der Waals surface area contributed by atoms with Gasteiger partial charge in [0, 0.05) is 11.0 Å². The van der Waals surface area contributed by atoms with Crippen LogP contribution >= 0.6 is 15.9 Å². The van der Waals surface area contributed by atoms with Crippen molar-refractivity contribution in [3.63, 3.8) is 0 Å². The molecule has 4 nitrogen and oxygen atoms in total. The zero-order valence-electron chi connectivity index (χ0n) is 10.8. The zero-order chi connectivity index (χ0) is 14.1. The van der Waals surface area contributed by atoms with E-state index in [2.05, 4.69) is 27.6 Å². The molecule has 2 N–H and O–H groups in total. The van der Waals surface area contributed by atoms with Crippen LogP contribution in [0.4, 0.5) is 0 Å². The van der Waals surface area contributed by atoms with Crippen LogP contribution < -0.4 is 4.72 Å². The summed E-state index contributed by atoms with van der Waals surface area (Å²) in [6, 6.07) is 4.83. The molecule has 0 bridgehead atoms. The largest absolute Gasteiger partial charge is 0.392 e. The number of benzene rings is 1. The Hall–Kier alpha value is -0.430. The van der Waals surface area contributed by atoms with Crippen molar-refractivity contribution in [1.29, 1.82) is 0 Å². The molecule has 1 aliphatic carbocycles. The summed E-state index contributed by atoms with van der Waals surface area (Å²) in [6.45, 7) is 2.39. The van der Waals surface area contributed by atoms with Gasteiger partial charge >= 0.3 is 0 Å². The van der Waals surface area contributed by atoms with E-state index < -0.39 is 10.0 Å². The number of hydrogen-bond acceptors (Lipinski definition) is 3. The van der Waals surface area contributed by atoms with Crippen molar-refractivity contribution in [3.8, 4) is 0 Å². The quantitative estimate of drug-likeness (QED) is 0.859. The zero-order valence-corrected chi connectivity index (χ0v) is 13.2. The van der Waals surface area contributed by atoms with Crippen LogP contribution in [0.15, 0.2) is 27.6 Å². The Bertz CT molecular complexity index is 567. The SMILES string of the molecule is CC1(CNS(=O)(=O)c2cc(CO)ccc2Br)CCC1. The van der Waals surface area contributed by atoms with E-state index in [4.69, 9.17) is 5.11 Å². The lowest BCUT2D eigenvalue weighted by Crippen LogP contribution is -2.40. The summed E-state index contributed by atoms with van der Waals surface area (Å²) < 4.78 is 27.8. The predicted molar refractivity (Wildman–Crippen MR) is 77.2 cm³/mol. The highest BCUT2D eigenvalue weighted by atomic mass is 79.9. The summed E-state index contributed by atoms with van der Waals surface area (Å²) in [7, 11) is -3.54. The fourth-order valence-electron chi connectivity index (χ4n) is 2.16. The first kappa shape index (κ1) is 15.0. The first-order chi connectivity index (χ1) is 8.86. The molecule has 0 aromatic heterocycles. The third-order valence-corrected chi connectivity index (χ3v) is 6.11. The van der Waals surface area contributed by atoms with Crippen molar-refractivity contribution in [3.05, 3.63) is 28.2 Å². The van der Waals surface area contributed by atoms with Crippen LogP contribution in [-0.4, -0.2) is 20.1 Å². The smallest absolute Gasteiger partial charge is 0.241 e. The van der Waals surface area contributed by atoms with Gasteiger partial charge in [-0.3, -0.25) is 0 Å². The fraction of sp³-hybridized carbons (Fsp3) is 0.538. The van der Waals surface area contributed by atoms with Crippen molar-refractivity contribution >= 4 is 26.0 Å². The van der Waals surface area contributed by atoms with Gasteiger partial charge in [0.05, 0.1) is 11.5 Å². The Labute approximate surface area is 122 Å². The summed E-state index contributed by atoms with van der Waals surface area (Å²) in [4.78, 5) is 0.182. The van der Waals surface area contributed by atoms with Gasteiger partial charge in [-0.05, 0) is 51.9 Å². The van der Waals surface area contributed by atoms with Gasteiger partial charge in [0.25, 0.3) is 0 Å². The molecular formula is C13H18BrNO3S. The predicted octanol–water partition coefficient (Wildman–Crippen LogP) is 2.41. The maximum atomic E-state index is 12.3. The van der Waals surface area contributed by atoms with Crippen molar-refractivity contribution in [1.82, 2.24) is 4.72 Å².